The molecule has 1 aliphatic heterocycles. The number of carbonyl (C=O) groups excluding carboxylic acids is 3. The second-order valence-electron chi connectivity index (χ2n) is 6.06. The number of nitrogens with zero attached hydrogens (tertiary/aromatic N) is 2. The molecule has 1 saturated heterocycles. The smallest absolute Gasteiger partial charge is 0.248 e. The van der Waals surface area contributed by atoms with Crippen LogP contribution in [0.1, 0.15) is 18.1 Å². The molecule has 1 unspecified atom stereocenters. The molecule has 1 aromatic carbocycles. The summed E-state index contributed by atoms with van der Waals surface area (Å²) >= 11 is 1.54. The van der Waals surface area contributed by atoms with Gasteiger partial charge in [0.2, 0.25) is 17.7 Å². The van der Waals surface area contributed by atoms with Crippen molar-refractivity contribution in [2.45, 2.75) is 26.8 Å². The average molecular weight is 349 g/mol. The van der Waals surface area contributed by atoms with Gasteiger partial charge in [-0.3, -0.25) is 14.4 Å². The van der Waals surface area contributed by atoms with E-state index in [1.165, 1.54) is 11.8 Å². The van der Waals surface area contributed by atoms with Gasteiger partial charge in [0.05, 0.1) is 12.4 Å². The molecule has 1 fully saturated rings. The summed E-state index contributed by atoms with van der Waals surface area (Å²) in [4.78, 5) is 39.1. The molecule has 24 heavy (non-hydrogen) atoms. The number of benzene rings is 1. The third-order valence-corrected chi connectivity index (χ3v) is 5.07. The van der Waals surface area contributed by atoms with E-state index in [-0.39, 0.29) is 24.3 Å². The molecule has 130 valence electrons. The summed E-state index contributed by atoms with van der Waals surface area (Å²) in [6, 6.07) is 5.31. The molecule has 6 nitrogen and oxygen atoms in total. The van der Waals surface area contributed by atoms with Crippen LogP contribution < -0.4 is 5.32 Å². The lowest BCUT2D eigenvalue weighted by Gasteiger charge is -2.25. The fourth-order valence-corrected chi connectivity index (χ4v) is 3.66. The first-order valence-electron chi connectivity index (χ1n) is 7.76. The Morgan fingerprint density at radius 2 is 2.04 bits per heavy atom. The highest BCUT2D eigenvalue weighted by molar-refractivity contribution is 7.99. The molecular formula is C17H23N3O3S. The molecule has 7 heteroatoms. The Morgan fingerprint density at radius 1 is 1.33 bits per heavy atom. The van der Waals surface area contributed by atoms with Gasteiger partial charge in [-0.1, -0.05) is 17.7 Å². The van der Waals surface area contributed by atoms with E-state index >= 15 is 0 Å². The van der Waals surface area contributed by atoms with Crippen molar-refractivity contribution in [2.75, 3.05) is 30.5 Å². The summed E-state index contributed by atoms with van der Waals surface area (Å²) in [6.07, 6.45) is 0. The second-order valence-corrected chi connectivity index (χ2v) is 7.06. The van der Waals surface area contributed by atoms with E-state index in [0.717, 1.165) is 16.8 Å². The van der Waals surface area contributed by atoms with E-state index in [4.69, 9.17) is 0 Å². The van der Waals surface area contributed by atoms with Crippen LogP contribution >= 0.6 is 11.8 Å². The van der Waals surface area contributed by atoms with Crippen LogP contribution in [0.25, 0.3) is 0 Å². The van der Waals surface area contributed by atoms with E-state index in [0.29, 0.717) is 11.6 Å². The maximum Gasteiger partial charge on any atom is 0.248 e. The van der Waals surface area contributed by atoms with Gasteiger partial charge in [0, 0.05) is 25.4 Å². The van der Waals surface area contributed by atoms with Gasteiger partial charge in [0.15, 0.2) is 0 Å². The molecule has 0 radical (unpaired) electrons. The fraction of sp³-hybridized carbons (Fsp3) is 0.471. The van der Waals surface area contributed by atoms with Gasteiger partial charge in [0.1, 0.15) is 6.04 Å². The molecule has 1 atom stereocenters. The van der Waals surface area contributed by atoms with Crippen LogP contribution in [-0.4, -0.2) is 58.8 Å². The number of carbonyl (C=O) groups is 3. The summed E-state index contributed by atoms with van der Waals surface area (Å²) in [6.45, 7) is 5.34. The number of anilines is 1. The Balaban J connectivity index is 2.05. The van der Waals surface area contributed by atoms with Crippen molar-refractivity contribution in [2.24, 2.45) is 0 Å². The molecule has 0 saturated carbocycles. The van der Waals surface area contributed by atoms with Gasteiger partial charge < -0.3 is 15.1 Å². The summed E-state index contributed by atoms with van der Waals surface area (Å²) in [5.41, 5.74) is 2.88. The summed E-state index contributed by atoms with van der Waals surface area (Å²) < 4.78 is 0. The third-order valence-electron chi connectivity index (χ3n) is 4.06. The van der Waals surface area contributed by atoms with Crippen molar-refractivity contribution in [1.29, 1.82) is 0 Å². The standard InChI is InChI=1S/C17H23N3O3S/c1-11-5-6-14(12(2)7-11)18-17(23)15-9-24-10-20(15)16(22)8-19(4)13(3)21/h5-7,15H,8-10H2,1-4H3,(H,18,23). The molecule has 2 rings (SSSR count). The molecule has 0 spiro atoms. The Hall–Kier alpha value is -2.02. The normalized spacial score (nSPS) is 16.8. The molecular weight excluding hydrogens is 326 g/mol. The number of likely N-dealkylation sites (N-methyl/N-ethyl adjacent to an activating group) is 1. The number of rotatable bonds is 4. The highest BCUT2D eigenvalue weighted by Crippen LogP contribution is 2.23. The Labute approximate surface area is 146 Å². The average Bonchev–Trinajstić information content (AvgIpc) is 2.99. The second kappa shape index (κ2) is 7.70. The van der Waals surface area contributed by atoms with Crippen molar-refractivity contribution >= 4 is 35.2 Å². The summed E-state index contributed by atoms with van der Waals surface area (Å²) in [7, 11) is 1.58. The molecule has 1 aliphatic rings. The van der Waals surface area contributed by atoms with Crippen LogP contribution in [0.4, 0.5) is 5.69 Å². The van der Waals surface area contributed by atoms with Crippen molar-refractivity contribution in [3.63, 3.8) is 0 Å². The zero-order chi connectivity index (χ0) is 17.9. The van der Waals surface area contributed by atoms with Gasteiger partial charge >= 0.3 is 0 Å². The lowest BCUT2D eigenvalue weighted by molar-refractivity contribution is -0.140. The third kappa shape index (κ3) is 4.29. The number of thioether (sulfide) groups is 1. The minimum atomic E-state index is -0.511. The molecule has 1 heterocycles. The Kier molecular flexibility index (Phi) is 5.88. The molecule has 1 aromatic rings. The van der Waals surface area contributed by atoms with E-state index in [9.17, 15) is 14.4 Å². The van der Waals surface area contributed by atoms with Crippen molar-refractivity contribution in [3.8, 4) is 0 Å². The Morgan fingerprint density at radius 3 is 2.67 bits per heavy atom. The van der Waals surface area contributed by atoms with Gasteiger partial charge in [-0.2, -0.15) is 0 Å². The van der Waals surface area contributed by atoms with Gasteiger partial charge in [-0.05, 0) is 25.5 Å². The van der Waals surface area contributed by atoms with E-state index in [1.807, 2.05) is 32.0 Å². The molecule has 3 amide bonds. The van der Waals surface area contributed by atoms with Crippen LogP contribution in [0.2, 0.25) is 0 Å². The number of hydrogen-bond donors (Lipinski definition) is 1. The Bertz CT molecular complexity index is 662. The highest BCUT2D eigenvalue weighted by Gasteiger charge is 2.35. The van der Waals surface area contributed by atoms with E-state index < -0.39 is 6.04 Å². The van der Waals surface area contributed by atoms with Crippen LogP contribution in [-0.2, 0) is 14.4 Å². The minimum absolute atomic E-state index is 0.0107. The zero-order valence-electron chi connectivity index (χ0n) is 14.5. The predicted octanol–water partition coefficient (Wildman–Crippen LogP) is 1.62. The zero-order valence-corrected chi connectivity index (χ0v) is 15.3. The van der Waals surface area contributed by atoms with Crippen LogP contribution in [0, 0.1) is 13.8 Å². The van der Waals surface area contributed by atoms with Crippen molar-refractivity contribution in [3.05, 3.63) is 29.3 Å². The number of hydrogen-bond acceptors (Lipinski definition) is 4. The maximum atomic E-state index is 12.6. The molecule has 0 aromatic heterocycles. The molecule has 0 aliphatic carbocycles. The van der Waals surface area contributed by atoms with E-state index in [1.54, 1.807) is 23.7 Å². The predicted molar refractivity (Wildman–Crippen MR) is 95.8 cm³/mol. The van der Waals surface area contributed by atoms with Crippen LogP contribution in [0.15, 0.2) is 18.2 Å². The topological polar surface area (TPSA) is 69.7 Å². The van der Waals surface area contributed by atoms with Crippen molar-refractivity contribution < 1.29 is 14.4 Å². The van der Waals surface area contributed by atoms with Gasteiger partial charge in [-0.25, -0.2) is 0 Å². The van der Waals surface area contributed by atoms with E-state index in [2.05, 4.69) is 5.32 Å². The highest BCUT2D eigenvalue weighted by atomic mass is 32.2. The number of aryl methyl sites for hydroxylation is 2. The lowest BCUT2D eigenvalue weighted by Crippen LogP contribution is -2.48. The van der Waals surface area contributed by atoms with Crippen LogP contribution in [0.3, 0.4) is 0 Å². The number of amides is 3. The first-order chi connectivity index (χ1) is 11.3. The summed E-state index contributed by atoms with van der Waals surface area (Å²) in [5.74, 6) is 0.456. The monoisotopic (exact) mass is 349 g/mol. The van der Waals surface area contributed by atoms with Crippen LogP contribution in [0.5, 0.6) is 0 Å². The molecule has 1 N–H and O–H groups in total. The quantitative estimate of drug-likeness (QED) is 0.897. The molecule has 0 bridgehead atoms. The fourth-order valence-electron chi connectivity index (χ4n) is 2.48. The maximum absolute atomic E-state index is 12.6. The first kappa shape index (κ1) is 18.3. The largest absolute Gasteiger partial charge is 0.337 e. The van der Waals surface area contributed by atoms with Crippen molar-refractivity contribution in [1.82, 2.24) is 9.80 Å². The summed E-state index contributed by atoms with van der Waals surface area (Å²) in [5, 5.41) is 2.91. The SMILES string of the molecule is CC(=O)N(C)CC(=O)N1CSCC1C(=O)Nc1ccc(C)cc1C. The lowest BCUT2D eigenvalue weighted by atomic mass is 10.1. The first-order valence-corrected chi connectivity index (χ1v) is 8.92. The minimum Gasteiger partial charge on any atom is -0.337 e. The van der Waals surface area contributed by atoms with Gasteiger partial charge in [0.25, 0.3) is 0 Å². The van der Waals surface area contributed by atoms with Gasteiger partial charge in [-0.15, -0.1) is 11.8 Å². The number of nitrogens with one attached hydrogen (secondary N) is 1.